The van der Waals surface area contributed by atoms with E-state index in [1.807, 2.05) is 0 Å². The summed E-state index contributed by atoms with van der Waals surface area (Å²) in [5.74, 6) is -0.825. The molecular formula is C16H14ClNO6S. The molecule has 0 saturated heterocycles. The van der Waals surface area contributed by atoms with Crippen LogP contribution in [-0.2, 0) is 14.6 Å². The molecular weight excluding hydrogens is 370 g/mol. The second-order valence-corrected chi connectivity index (χ2v) is 7.74. The maximum absolute atomic E-state index is 12.3. The summed E-state index contributed by atoms with van der Waals surface area (Å²) in [6.07, 6.45) is 0.224. The van der Waals surface area contributed by atoms with E-state index in [4.69, 9.17) is 16.3 Å². The highest BCUT2D eigenvalue weighted by Gasteiger charge is 2.20. The Hall–Kier alpha value is -2.45. The number of nitro benzene ring substituents is 1. The van der Waals surface area contributed by atoms with E-state index >= 15 is 0 Å². The number of non-ortho nitro benzene ring substituents is 1. The predicted octanol–water partition coefficient (Wildman–Crippen LogP) is 3.57. The van der Waals surface area contributed by atoms with Crippen LogP contribution in [0, 0.1) is 10.1 Å². The molecule has 0 N–H and O–H groups in total. The van der Waals surface area contributed by atoms with E-state index in [2.05, 4.69) is 0 Å². The Kier molecular flexibility index (Phi) is 5.44. The van der Waals surface area contributed by atoms with Crippen LogP contribution in [0.1, 0.15) is 28.9 Å². The Bertz CT molecular complexity index is 941. The third-order valence-electron chi connectivity index (χ3n) is 3.42. The van der Waals surface area contributed by atoms with E-state index in [1.54, 1.807) is 13.0 Å². The summed E-state index contributed by atoms with van der Waals surface area (Å²) in [6, 6.07) is 9.41. The highest BCUT2D eigenvalue weighted by atomic mass is 35.5. The van der Waals surface area contributed by atoms with Gasteiger partial charge < -0.3 is 4.74 Å². The van der Waals surface area contributed by atoms with Gasteiger partial charge in [0.05, 0.1) is 20.4 Å². The lowest BCUT2D eigenvalue weighted by Crippen LogP contribution is -2.11. The number of carbonyl (C=O) groups is 1. The van der Waals surface area contributed by atoms with Crippen LogP contribution in [0.25, 0.3) is 0 Å². The third kappa shape index (κ3) is 4.55. The van der Waals surface area contributed by atoms with Crippen LogP contribution in [0.2, 0.25) is 5.02 Å². The minimum absolute atomic E-state index is 0.0450. The van der Waals surface area contributed by atoms with Crippen molar-refractivity contribution in [3.05, 3.63) is 68.7 Å². The van der Waals surface area contributed by atoms with Gasteiger partial charge in [0.2, 0.25) is 0 Å². The van der Waals surface area contributed by atoms with Crippen LogP contribution < -0.4 is 0 Å². The molecule has 25 heavy (non-hydrogen) atoms. The lowest BCUT2D eigenvalue weighted by atomic mass is 10.1. The van der Waals surface area contributed by atoms with Crippen molar-refractivity contribution in [3.63, 3.8) is 0 Å². The van der Waals surface area contributed by atoms with Crippen molar-refractivity contribution in [3.8, 4) is 0 Å². The molecule has 0 radical (unpaired) electrons. The van der Waals surface area contributed by atoms with Crippen LogP contribution in [0.3, 0.4) is 0 Å². The maximum atomic E-state index is 12.3. The van der Waals surface area contributed by atoms with Crippen LogP contribution in [0.5, 0.6) is 0 Å². The number of esters is 1. The van der Waals surface area contributed by atoms with Crippen molar-refractivity contribution < 1.29 is 22.9 Å². The summed E-state index contributed by atoms with van der Waals surface area (Å²) in [7, 11) is -3.51. The zero-order chi connectivity index (χ0) is 18.8. The molecule has 2 aromatic carbocycles. The number of hydrogen-bond acceptors (Lipinski definition) is 6. The van der Waals surface area contributed by atoms with Crippen molar-refractivity contribution in [2.75, 3.05) is 6.26 Å². The fourth-order valence-electron chi connectivity index (χ4n) is 2.07. The Morgan fingerprint density at radius 3 is 2.52 bits per heavy atom. The summed E-state index contributed by atoms with van der Waals surface area (Å²) in [6.45, 7) is 1.55. The van der Waals surface area contributed by atoms with Crippen molar-refractivity contribution in [1.29, 1.82) is 0 Å². The number of hydrogen-bond donors (Lipinski definition) is 0. The first-order valence-electron chi connectivity index (χ1n) is 7.04. The van der Waals surface area contributed by atoms with E-state index in [1.165, 1.54) is 30.3 Å². The molecule has 2 aromatic rings. The van der Waals surface area contributed by atoms with Gasteiger partial charge in [-0.05, 0) is 30.7 Å². The van der Waals surface area contributed by atoms with Crippen LogP contribution >= 0.6 is 11.6 Å². The molecule has 0 saturated carbocycles. The summed E-state index contributed by atoms with van der Waals surface area (Å²) < 4.78 is 28.5. The van der Waals surface area contributed by atoms with Gasteiger partial charge >= 0.3 is 5.97 Å². The molecule has 0 amide bonds. The van der Waals surface area contributed by atoms with Crippen molar-refractivity contribution in [2.24, 2.45) is 0 Å². The average molecular weight is 384 g/mol. The first-order valence-corrected chi connectivity index (χ1v) is 9.31. The van der Waals surface area contributed by atoms with Gasteiger partial charge in [0.1, 0.15) is 6.10 Å². The topological polar surface area (TPSA) is 104 Å². The van der Waals surface area contributed by atoms with Gasteiger partial charge in [0.25, 0.3) is 5.69 Å². The Balaban J connectivity index is 2.28. The molecule has 132 valence electrons. The molecule has 2 rings (SSSR count). The molecule has 0 aliphatic carbocycles. The van der Waals surface area contributed by atoms with Gasteiger partial charge in [-0.1, -0.05) is 23.7 Å². The SMILES string of the molecule is C[C@@H](OC(=O)c1cc(S(C)(=O)=O)ccc1Cl)c1cccc([N+](=O)[O-])c1. The van der Waals surface area contributed by atoms with E-state index in [9.17, 15) is 23.3 Å². The molecule has 0 unspecified atom stereocenters. The number of benzene rings is 2. The molecule has 0 bridgehead atoms. The Labute approximate surface area is 149 Å². The third-order valence-corrected chi connectivity index (χ3v) is 4.86. The van der Waals surface area contributed by atoms with Crippen molar-refractivity contribution in [2.45, 2.75) is 17.9 Å². The highest BCUT2D eigenvalue weighted by molar-refractivity contribution is 7.90. The van der Waals surface area contributed by atoms with E-state index in [-0.39, 0.29) is 21.2 Å². The standard InChI is InChI=1S/C16H14ClNO6S/c1-10(11-4-3-5-12(8-11)18(20)21)24-16(19)14-9-13(25(2,22)23)6-7-15(14)17/h3-10H,1-2H3/t10-/m1/s1. The zero-order valence-electron chi connectivity index (χ0n) is 13.3. The first-order chi connectivity index (χ1) is 11.6. The largest absolute Gasteiger partial charge is 0.454 e. The second-order valence-electron chi connectivity index (χ2n) is 5.31. The fourth-order valence-corrected chi connectivity index (χ4v) is 2.92. The summed E-state index contributed by atoms with van der Waals surface area (Å²) in [5.41, 5.74) is 0.206. The molecule has 0 fully saturated rings. The highest BCUT2D eigenvalue weighted by Crippen LogP contribution is 2.26. The van der Waals surface area contributed by atoms with E-state index in [0.29, 0.717) is 5.56 Å². The van der Waals surface area contributed by atoms with Gasteiger partial charge in [-0.25, -0.2) is 13.2 Å². The number of carbonyl (C=O) groups excluding carboxylic acids is 1. The summed E-state index contributed by atoms with van der Waals surface area (Å²) in [4.78, 5) is 22.5. The smallest absolute Gasteiger partial charge is 0.340 e. The van der Waals surface area contributed by atoms with Crippen molar-refractivity contribution in [1.82, 2.24) is 0 Å². The Morgan fingerprint density at radius 2 is 1.92 bits per heavy atom. The molecule has 0 aliphatic rings. The molecule has 0 heterocycles. The minimum Gasteiger partial charge on any atom is -0.454 e. The number of nitrogens with zero attached hydrogens (tertiary/aromatic N) is 1. The normalized spacial score (nSPS) is 12.4. The van der Waals surface area contributed by atoms with Crippen LogP contribution in [0.4, 0.5) is 5.69 Å². The monoisotopic (exact) mass is 383 g/mol. The predicted molar refractivity (Wildman–Crippen MR) is 91.5 cm³/mol. The Morgan fingerprint density at radius 1 is 1.24 bits per heavy atom. The molecule has 0 aromatic heterocycles. The van der Waals surface area contributed by atoms with E-state index < -0.39 is 26.8 Å². The first kappa shape index (κ1) is 18.9. The van der Waals surface area contributed by atoms with Gasteiger partial charge in [-0.3, -0.25) is 10.1 Å². The molecule has 0 aliphatic heterocycles. The zero-order valence-corrected chi connectivity index (χ0v) is 14.9. The minimum atomic E-state index is -3.51. The number of rotatable bonds is 5. The number of halogens is 1. The summed E-state index contributed by atoms with van der Waals surface area (Å²) >= 11 is 5.95. The quantitative estimate of drug-likeness (QED) is 0.444. The molecule has 1 atom stereocenters. The van der Waals surface area contributed by atoms with Gasteiger partial charge in [0, 0.05) is 18.4 Å². The lowest BCUT2D eigenvalue weighted by molar-refractivity contribution is -0.385. The molecule has 0 spiro atoms. The maximum Gasteiger partial charge on any atom is 0.340 e. The average Bonchev–Trinajstić information content (AvgIpc) is 2.54. The van der Waals surface area contributed by atoms with Crippen molar-refractivity contribution >= 4 is 33.1 Å². The van der Waals surface area contributed by atoms with Gasteiger partial charge in [-0.2, -0.15) is 0 Å². The lowest BCUT2D eigenvalue weighted by Gasteiger charge is -2.14. The van der Waals surface area contributed by atoms with Crippen LogP contribution in [0.15, 0.2) is 47.4 Å². The second kappa shape index (κ2) is 7.20. The number of nitro groups is 1. The molecule has 9 heteroatoms. The number of ether oxygens (including phenoxy) is 1. The van der Waals surface area contributed by atoms with Crippen LogP contribution in [-0.4, -0.2) is 25.6 Å². The van der Waals surface area contributed by atoms with Gasteiger partial charge in [0.15, 0.2) is 9.84 Å². The number of sulfone groups is 1. The fraction of sp³-hybridized carbons (Fsp3) is 0.188. The van der Waals surface area contributed by atoms with Gasteiger partial charge in [-0.15, -0.1) is 0 Å². The molecule has 7 nitrogen and oxygen atoms in total. The van der Waals surface area contributed by atoms with E-state index in [0.717, 1.165) is 12.3 Å². The summed E-state index contributed by atoms with van der Waals surface area (Å²) in [5, 5.41) is 10.9.